The number of aromatic nitrogens is 3. The lowest BCUT2D eigenvalue weighted by Gasteiger charge is -2.32. The summed E-state index contributed by atoms with van der Waals surface area (Å²) in [5, 5.41) is 8.08. The highest BCUT2D eigenvalue weighted by atomic mass is 32.1. The van der Waals surface area contributed by atoms with Crippen molar-refractivity contribution in [3.05, 3.63) is 59.1 Å². The van der Waals surface area contributed by atoms with E-state index in [1.807, 2.05) is 41.1 Å². The molecule has 0 atom stereocenters. The molecule has 1 N–H and O–H groups in total. The van der Waals surface area contributed by atoms with E-state index in [0.29, 0.717) is 13.2 Å². The van der Waals surface area contributed by atoms with E-state index >= 15 is 0 Å². The van der Waals surface area contributed by atoms with E-state index in [9.17, 15) is 4.79 Å². The molecule has 2 fully saturated rings. The Morgan fingerprint density at radius 3 is 2.52 bits per heavy atom. The molecule has 0 unspecified atom stereocenters. The summed E-state index contributed by atoms with van der Waals surface area (Å²) in [6.45, 7) is 10.6. The van der Waals surface area contributed by atoms with Crippen LogP contribution in [0.4, 0.5) is 0 Å². The maximum atomic E-state index is 12.4. The van der Waals surface area contributed by atoms with E-state index in [0.717, 1.165) is 55.1 Å². The van der Waals surface area contributed by atoms with Gasteiger partial charge in [0.2, 0.25) is 0 Å². The van der Waals surface area contributed by atoms with Crippen LogP contribution in [0.1, 0.15) is 48.3 Å². The number of carbonyl (C=O) groups excluding carboxylic acids is 1. The molecule has 1 aromatic carbocycles. The van der Waals surface area contributed by atoms with Crippen LogP contribution < -0.4 is 5.32 Å². The smallest absolute Gasteiger partial charge is 0.251 e. The molecule has 0 saturated carbocycles. The zero-order valence-corrected chi connectivity index (χ0v) is 20.3. The fourth-order valence-electron chi connectivity index (χ4n) is 4.78. The van der Waals surface area contributed by atoms with Gasteiger partial charge in [-0.1, -0.05) is 30.7 Å². The number of hydrogen-bond donors (Lipinski definition) is 1. The molecule has 178 valence electrons. The lowest BCUT2D eigenvalue weighted by atomic mass is 10.0. The summed E-state index contributed by atoms with van der Waals surface area (Å²) >= 11 is 5.77. The van der Waals surface area contributed by atoms with Gasteiger partial charge in [0, 0.05) is 44.2 Å². The summed E-state index contributed by atoms with van der Waals surface area (Å²) in [7, 11) is 0. The minimum Gasteiger partial charge on any atom is -0.349 e. The Labute approximate surface area is 202 Å². The normalized spacial score (nSPS) is 18.3. The number of benzene rings is 1. The number of likely N-dealkylation sites (tertiary alicyclic amines) is 2. The van der Waals surface area contributed by atoms with Gasteiger partial charge in [-0.05, 0) is 63.1 Å². The third kappa shape index (κ3) is 6.40. The molecule has 0 radical (unpaired) electrons. The third-order valence-corrected chi connectivity index (χ3v) is 7.14. The fraction of sp³-hybridized carbons (Fsp3) is 0.560. The van der Waals surface area contributed by atoms with E-state index in [4.69, 9.17) is 17.3 Å². The van der Waals surface area contributed by atoms with Crippen LogP contribution in [-0.2, 0) is 19.6 Å². The van der Waals surface area contributed by atoms with Crippen molar-refractivity contribution in [3.63, 3.8) is 0 Å². The van der Waals surface area contributed by atoms with Gasteiger partial charge < -0.3 is 14.8 Å². The maximum Gasteiger partial charge on any atom is 0.251 e. The molecule has 1 amide bonds. The summed E-state index contributed by atoms with van der Waals surface area (Å²) < 4.78 is 4.86. The molecule has 4 rings (SSSR count). The van der Waals surface area contributed by atoms with Gasteiger partial charge in [-0.15, -0.1) is 6.58 Å². The third-order valence-electron chi connectivity index (χ3n) is 6.70. The predicted molar refractivity (Wildman–Crippen MR) is 134 cm³/mol. The molecule has 2 saturated heterocycles. The van der Waals surface area contributed by atoms with Gasteiger partial charge in [0.05, 0.1) is 6.67 Å². The molecule has 2 aliphatic heterocycles. The molecule has 1 aromatic heterocycles. The summed E-state index contributed by atoms with van der Waals surface area (Å²) in [4.78, 5) is 17.4. The molecule has 33 heavy (non-hydrogen) atoms. The molecule has 8 heteroatoms. The molecule has 3 heterocycles. The molecule has 0 spiro atoms. The van der Waals surface area contributed by atoms with Crippen LogP contribution in [0, 0.1) is 4.77 Å². The maximum absolute atomic E-state index is 12.4. The second-order valence-electron chi connectivity index (χ2n) is 9.12. The largest absolute Gasteiger partial charge is 0.349 e. The van der Waals surface area contributed by atoms with E-state index in [2.05, 4.69) is 26.3 Å². The van der Waals surface area contributed by atoms with Gasteiger partial charge in [-0.25, -0.2) is 4.68 Å². The first-order valence-corrected chi connectivity index (χ1v) is 12.6. The molecular formula is C25H36N6OS. The Morgan fingerprint density at radius 1 is 1.09 bits per heavy atom. The van der Waals surface area contributed by atoms with E-state index < -0.39 is 0 Å². The van der Waals surface area contributed by atoms with Crippen molar-refractivity contribution in [1.82, 2.24) is 29.5 Å². The minimum absolute atomic E-state index is 0.0118. The number of rotatable bonds is 9. The van der Waals surface area contributed by atoms with Crippen molar-refractivity contribution in [1.29, 1.82) is 0 Å². The van der Waals surface area contributed by atoms with Gasteiger partial charge in [-0.3, -0.25) is 9.69 Å². The average molecular weight is 469 g/mol. The first-order chi connectivity index (χ1) is 16.1. The summed E-state index contributed by atoms with van der Waals surface area (Å²) in [6.07, 6.45) is 8.63. The lowest BCUT2D eigenvalue weighted by Crippen LogP contribution is -2.45. The highest BCUT2D eigenvalue weighted by molar-refractivity contribution is 7.71. The highest BCUT2D eigenvalue weighted by Gasteiger charge is 2.22. The van der Waals surface area contributed by atoms with Crippen molar-refractivity contribution in [2.24, 2.45) is 0 Å². The van der Waals surface area contributed by atoms with Gasteiger partial charge in [0.15, 0.2) is 4.77 Å². The van der Waals surface area contributed by atoms with Gasteiger partial charge >= 0.3 is 0 Å². The van der Waals surface area contributed by atoms with Crippen molar-refractivity contribution in [2.75, 3.05) is 32.7 Å². The number of nitrogens with one attached hydrogen (secondary N) is 1. The molecule has 2 aliphatic rings. The number of allylic oxidation sites excluding steroid dienone is 1. The number of carbonyl (C=O) groups is 1. The summed E-state index contributed by atoms with van der Waals surface area (Å²) in [5.41, 5.74) is 0.719. The zero-order chi connectivity index (χ0) is 23.0. The monoisotopic (exact) mass is 468 g/mol. The van der Waals surface area contributed by atoms with Crippen molar-refractivity contribution >= 4 is 18.1 Å². The van der Waals surface area contributed by atoms with Gasteiger partial charge in [0.1, 0.15) is 5.82 Å². The Morgan fingerprint density at radius 2 is 1.82 bits per heavy atom. The predicted octanol–water partition coefficient (Wildman–Crippen LogP) is 3.48. The number of amides is 1. The minimum atomic E-state index is 0.0118. The van der Waals surface area contributed by atoms with Crippen LogP contribution in [0.5, 0.6) is 0 Å². The number of hydrogen-bond acceptors (Lipinski definition) is 5. The van der Waals surface area contributed by atoms with Gasteiger partial charge in [-0.2, -0.15) is 5.10 Å². The van der Waals surface area contributed by atoms with Crippen LogP contribution in [0.15, 0.2) is 43.0 Å². The zero-order valence-electron chi connectivity index (χ0n) is 19.5. The van der Waals surface area contributed by atoms with E-state index in [1.54, 1.807) is 0 Å². The molecular weight excluding hydrogens is 432 g/mol. The van der Waals surface area contributed by atoms with Crippen molar-refractivity contribution < 1.29 is 4.79 Å². The second-order valence-corrected chi connectivity index (χ2v) is 9.49. The fourth-order valence-corrected chi connectivity index (χ4v) is 5.06. The summed E-state index contributed by atoms with van der Waals surface area (Å²) in [6, 6.07) is 9.64. The van der Waals surface area contributed by atoms with Gasteiger partial charge in [0.25, 0.3) is 5.91 Å². The van der Waals surface area contributed by atoms with Crippen LogP contribution in [0.3, 0.4) is 0 Å². The lowest BCUT2D eigenvalue weighted by molar-refractivity contribution is 0.0895. The summed E-state index contributed by atoms with van der Waals surface area (Å²) in [5.74, 6) is 1.06. The quantitative estimate of drug-likeness (QED) is 0.451. The SMILES string of the molecule is C=CCn1c(CCN2CCCCC2)nn(CN2CCC(NC(=O)c3ccccc3)CC2)c1=S. The van der Waals surface area contributed by atoms with Crippen LogP contribution in [0.2, 0.25) is 0 Å². The van der Waals surface area contributed by atoms with E-state index in [-0.39, 0.29) is 11.9 Å². The first kappa shape index (κ1) is 23.9. The Hall–Kier alpha value is -2.29. The Balaban J connectivity index is 1.31. The number of nitrogens with zero attached hydrogens (tertiary/aromatic N) is 5. The second kappa shape index (κ2) is 11.7. The topological polar surface area (TPSA) is 58.3 Å². The van der Waals surface area contributed by atoms with Crippen LogP contribution in [-0.4, -0.2) is 68.8 Å². The van der Waals surface area contributed by atoms with E-state index in [1.165, 1.54) is 32.4 Å². The molecule has 0 aliphatic carbocycles. The van der Waals surface area contributed by atoms with Crippen LogP contribution >= 0.6 is 12.2 Å². The molecule has 0 bridgehead atoms. The molecule has 7 nitrogen and oxygen atoms in total. The first-order valence-electron chi connectivity index (χ1n) is 12.2. The number of piperidine rings is 2. The highest BCUT2D eigenvalue weighted by Crippen LogP contribution is 2.14. The average Bonchev–Trinajstić information content (AvgIpc) is 3.14. The molecule has 2 aromatic rings. The standard InChI is InChI=1S/C25H36N6OS/c1-2-14-30-23(13-19-28-15-7-4-8-16-28)27-31(25(30)33)20-29-17-11-22(12-18-29)26-24(32)21-9-5-3-6-10-21/h2-3,5-6,9-10,22H,1,4,7-8,11-20H2,(H,26,32). The van der Waals surface area contributed by atoms with Crippen LogP contribution in [0.25, 0.3) is 0 Å². The Bertz CT molecular complexity index is 971. The Kier molecular flexibility index (Phi) is 8.47. The van der Waals surface area contributed by atoms with Crippen molar-refractivity contribution in [2.45, 2.75) is 57.8 Å². The van der Waals surface area contributed by atoms with Crippen molar-refractivity contribution in [3.8, 4) is 0 Å².